The van der Waals surface area contributed by atoms with Crippen LogP contribution in [0.3, 0.4) is 0 Å². The molecule has 0 aliphatic rings. The Bertz CT molecular complexity index is 611. The summed E-state index contributed by atoms with van der Waals surface area (Å²) in [5.41, 5.74) is 3.60. The van der Waals surface area contributed by atoms with Crippen LogP contribution in [0.5, 0.6) is 0 Å². The third-order valence-electron chi connectivity index (χ3n) is 2.90. The van der Waals surface area contributed by atoms with E-state index in [-0.39, 0.29) is 12.6 Å². The van der Waals surface area contributed by atoms with Crippen LogP contribution in [0.1, 0.15) is 27.0 Å². The Labute approximate surface area is 117 Å². The van der Waals surface area contributed by atoms with Gasteiger partial charge in [-0.25, -0.2) is 9.78 Å². The number of ether oxygens (including phenoxy) is 1. The molecule has 0 spiro atoms. The van der Waals surface area contributed by atoms with E-state index in [2.05, 4.69) is 4.98 Å². The van der Waals surface area contributed by atoms with Crippen molar-refractivity contribution in [2.45, 2.75) is 20.5 Å². The first-order valence-electron chi connectivity index (χ1n) is 5.91. The highest BCUT2D eigenvalue weighted by Crippen LogP contribution is 2.13. The summed E-state index contributed by atoms with van der Waals surface area (Å²) in [5, 5.41) is 0.389. The van der Waals surface area contributed by atoms with E-state index >= 15 is 0 Å². The number of benzene rings is 1. The van der Waals surface area contributed by atoms with Crippen molar-refractivity contribution in [3.8, 4) is 0 Å². The number of carbonyl (C=O) groups is 1. The molecule has 0 amide bonds. The average molecular weight is 276 g/mol. The standard InChI is InChI=1S/C15H14ClNO2/c1-10-3-4-13(7-11(10)2)15(18)19-9-12-5-6-17-14(16)8-12/h3-8H,9H2,1-2H3. The lowest BCUT2D eigenvalue weighted by Gasteiger charge is -2.07. The third kappa shape index (κ3) is 3.55. The van der Waals surface area contributed by atoms with Crippen molar-refractivity contribution in [3.05, 3.63) is 63.9 Å². The summed E-state index contributed by atoms with van der Waals surface area (Å²) < 4.78 is 5.24. The molecule has 2 aromatic rings. The number of halogens is 1. The van der Waals surface area contributed by atoms with Crippen LogP contribution in [0.2, 0.25) is 5.15 Å². The largest absolute Gasteiger partial charge is 0.457 e. The highest BCUT2D eigenvalue weighted by molar-refractivity contribution is 6.29. The minimum absolute atomic E-state index is 0.188. The van der Waals surface area contributed by atoms with Crippen molar-refractivity contribution < 1.29 is 9.53 Å². The summed E-state index contributed by atoms with van der Waals surface area (Å²) in [6.07, 6.45) is 1.58. The topological polar surface area (TPSA) is 39.2 Å². The van der Waals surface area contributed by atoms with Crippen molar-refractivity contribution in [3.63, 3.8) is 0 Å². The van der Waals surface area contributed by atoms with Crippen LogP contribution < -0.4 is 0 Å². The highest BCUT2D eigenvalue weighted by atomic mass is 35.5. The SMILES string of the molecule is Cc1ccc(C(=O)OCc2ccnc(Cl)c2)cc1C. The molecule has 2 rings (SSSR count). The Balaban J connectivity index is 2.03. The fourth-order valence-corrected chi connectivity index (χ4v) is 1.83. The number of aryl methyl sites for hydroxylation is 2. The van der Waals surface area contributed by atoms with Gasteiger partial charge in [-0.2, -0.15) is 0 Å². The maximum atomic E-state index is 11.9. The number of hydrogen-bond acceptors (Lipinski definition) is 3. The quantitative estimate of drug-likeness (QED) is 0.633. The number of rotatable bonds is 3. The van der Waals surface area contributed by atoms with Crippen molar-refractivity contribution in [2.24, 2.45) is 0 Å². The van der Waals surface area contributed by atoms with E-state index in [0.717, 1.165) is 16.7 Å². The monoisotopic (exact) mass is 275 g/mol. The zero-order chi connectivity index (χ0) is 13.8. The van der Waals surface area contributed by atoms with Gasteiger partial charge in [0.25, 0.3) is 0 Å². The molecule has 0 radical (unpaired) electrons. The van der Waals surface area contributed by atoms with E-state index in [1.54, 1.807) is 24.4 Å². The van der Waals surface area contributed by atoms with Gasteiger partial charge in [-0.15, -0.1) is 0 Å². The lowest BCUT2D eigenvalue weighted by Crippen LogP contribution is -2.06. The molecule has 0 atom stereocenters. The maximum Gasteiger partial charge on any atom is 0.338 e. The number of esters is 1. The molecule has 0 fully saturated rings. The fraction of sp³-hybridized carbons (Fsp3) is 0.200. The van der Waals surface area contributed by atoms with E-state index in [1.165, 1.54) is 0 Å². The lowest BCUT2D eigenvalue weighted by molar-refractivity contribution is 0.0472. The van der Waals surface area contributed by atoms with Crippen LogP contribution >= 0.6 is 11.6 Å². The Morgan fingerprint density at radius 3 is 2.68 bits per heavy atom. The van der Waals surface area contributed by atoms with Crippen LogP contribution in [0, 0.1) is 13.8 Å². The van der Waals surface area contributed by atoms with Gasteiger partial charge in [0.05, 0.1) is 5.56 Å². The van der Waals surface area contributed by atoms with Crippen molar-refractivity contribution in [1.82, 2.24) is 4.98 Å². The zero-order valence-corrected chi connectivity index (χ0v) is 11.6. The third-order valence-corrected chi connectivity index (χ3v) is 3.11. The van der Waals surface area contributed by atoms with Crippen molar-refractivity contribution >= 4 is 17.6 Å². The van der Waals surface area contributed by atoms with Gasteiger partial charge in [0.2, 0.25) is 0 Å². The lowest BCUT2D eigenvalue weighted by atomic mass is 10.1. The van der Waals surface area contributed by atoms with Crippen molar-refractivity contribution in [1.29, 1.82) is 0 Å². The second kappa shape index (κ2) is 5.85. The first-order chi connectivity index (χ1) is 9.06. The normalized spacial score (nSPS) is 10.3. The molecular weight excluding hydrogens is 262 g/mol. The number of hydrogen-bond donors (Lipinski definition) is 0. The molecule has 0 N–H and O–H groups in total. The molecule has 0 unspecified atom stereocenters. The van der Waals surface area contributed by atoms with E-state index < -0.39 is 0 Å². The number of nitrogens with zero attached hydrogens (tertiary/aromatic N) is 1. The molecule has 4 heteroatoms. The van der Waals surface area contributed by atoms with E-state index in [0.29, 0.717) is 10.7 Å². The van der Waals surface area contributed by atoms with Gasteiger partial charge in [-0.3, -0.25) is 0 Å². The van der Waals surface area contributed by atoms with Gasteiger partial charge in [0.1, 0.15) is 11.8 Å². The van der Waals surface area contributed by atoms with Crippen LogP contribution in [-0.4, -0.2) is 11.0 Å². The maximum absolute atomic E-state index is 11.9. The number of pyridine rings is 1. The molecule has 0 saturated heterocycles. The predicted octanol–water partition coefficient (Wildman–Crippen LogP) is 3.71. The Hall–Kier alpha value is -1.87. The van der Waals surface area contributed by atoms with Crippen LogP contribution in [0.15, 0.2) is 36.5 Å². The van der Waals surface area contributed by atoms with Gasteiger partial charge >= 0.3 is 5.97 Å². The number of carbonyl (C=O) groups excluding carboxylic acids is 1. The van der Waals surface area contributed by atoms with Gasteiger partial charge in [0, 0.05) is 6.20 Å². The first kappa shape index (κ1) is 13.6. The molecule has 1 heterocycles. The second-order valence-electron chi connectivity index (χ2n) is 4.36. The van der Waals surface area contributed by atoms with E-state index in [9.17, 15) is 4.79 Å². The molecular formula is C15H14ClNO2. The fourth-order valence-electron chi connectivity index (χ4n) is 1.63. The van der Waals surface area contributed by atoms with Crippen molar-refractivity contribution in [2.75, 3.05) is 0 Å². The molecule has 0 saturated carbocycles. The van der Waals surface area contributed by atoms with Gasteiger partial charge in [0.15, 0.2) is 0 Å². The minimum atomic E-state index is -0.337. The highest BCUT2D eigenvalue weighted by Gasteiger charge is 2.08. The van der Waals surface area contributed by atoms with Crippen LogP contribution in [0.4, 0.5) is 0 Å². The Morgan fingerprint density at radius 1 is 1.21 bits per heavy atom. The Kier molecular flexibility index (Phi) is 4.17. The summed E-state index contributed by atoms with van der Waals surface area (Å²) in [4.78, 5) is 15.8. The molecule has 0 bridgehead atoms. The predicted molar refractivity (Wildman–Crippen MR) is 74.3 cm³/mol. The molecule has 0 aliphatic carbocycles. The van der Waals surface area contributed by atoms with E-state index in [1.807, 2.05) is 26.0 Å². The Morgan fingerprint density at radius 2 is 2.00 bits per heavy atom. The van der Waals surface area contributed by atoms with Gasteiger partial charge in [-0.05, 0) is 54.8 Å². The summed E-state index contributed by atoms with van der Waals surface area (Å²) in [6.45, 7) is 4.16. The second-order valence-corrected chi connectivity index (χ2v) is 4.75. The molecule has 98 valence electrons. The van der Waals surface area contributed by atoms with Crippen LogP contribution in [-0.2, 0) is 11.3 Å². The summed E-state index contributed by atoms with van der Waals surface area (Å²) in [7, 11) is 0. The van der Waals surface area contributed by atoms with Gasteiger partial charge < -0.3 is 4.74 Å². The molecule has 19 heavy (non-hydrogen) atoms. The molecule has 3 nitrogen and oxygen atoms in total. The summed E-state index contributed by atoms with van der Waals surface area (Å²) in [6, 6.07) is 8.95. The smallest absolute Gasteiger partial charge is 0.338 e. The molecule has 1 aromatic heterocycles. The summed E-state index contributed by atoms with van der Waals surface area (Å²) >= 11 is 5.76. The van der Waals surface area contributed by atoms with Crippen LogP contribution in [0.25, 0.3) is 0 Å². The molecule has 0 aliphatic heterocycles. The van der Waals surface area contributed by atoms with Gasteiger partial charge in [-0.1, -0.05) is 17.7 Å². The summed E-state index contributed by atoms with van der Waals surface area (Å²) in [5.74, 6) is -0.337. The number of aromatic nitrogens is 1. The average Bonchev–Trinajstić information content (AvgIpc) is 2.39. The molecule has 1 aromatic carbocycles. The van der Waals surface area contributed by atoms with E-state index in [4.69, 9.17) is 16.3 Å². The minimum Gasteiger partial charge on any atom is -0.457 e. The zero-order valence-electron chi connectivity index (χ0n) is 10.8. The first-order valence-corrected chi connectivity index (χ1v) is 6.29.